The van der Waals surface area contributed by atoms with Gasteiger partial charge in [0.05, 0.1) is 6.54 Å². The van der Waals surface area contributed by atoms with E-state index in [1.54, 1.807) is 18.2 Å². The molecule has 2 amide bonds. The summed E-state index contributed by atoms with van der Waals surface area (Å²) in [6.07, 6.45) is 4.69. The van der Waals surface area contributed by atoms with Crippen LogP contribution in [0.1, 0.15) is 42.5 Å². The van der Waals surface area contributed by atoms with Crippen molar-refractivity contribution in [3.05, 3.63) is 71.2 Å². The fourth-order valence-corrected chi connectivity index (χ4v) is 5.51. The number of rotatable bonds is 5. The van der Waals surface area contributed by atoms with Crippen molar-refractivity contribution in [2.75, 3.05) is 13.1 Å². The first-order valence-corrected chi connectivity index (χ1v) is 12.0. The van der Waals surface area contributed by atoms with E-state index < -0.39 is 0 Å². The van der Waals surface area contributed by atoms with Crippen molar-refractivity contribution in [3.8, 4) is 0 Å². The van der Waals surface area contributed by atoms with Crippen LogP contribution in [0.15, 0.2) is 48.5 Å². The zero-order valence-electron chi connectivity index (χ0n) is 18.8. The molecule has 6 heteroatoms. The summed E-state index contributed by atoms with van der Waals surface area (Å²) in [5, 5.41) is 4.21. The lowest BCUT2D eigenvalue weighted by Gasteiger charge is -2.35. The molecule has 0 spiro atoms. The van der Waals surface area contributed by atoms with Crippen LogP contribution in [0.4, 0.5) is 4.39 Å². The predicted octanol–water partition coefficient (Wildman–Crippen LogP) is 4.36. The van der Waals surface area contributed by atoms with Crippen LogP contribution in [-0.4, -0.2) is 34.8 Å². The van der Waals surface area contributed by atoms with Crippen molar-refractivity contribution in [1.29, 1.82) is 0 Å². The van der Waals surface area contributed by atoms with E-state index in [0.29, 0.717) is 31.6 Å². The summed E-state index contributed by atoms with van der Waals surface area (Å²) in [7, 11) is 0. The molecule has 172 valence electrons. The van der Waals surface area contributed by atoms with Crippen molar-refractivity contribution >= 4 is 22.7 Å². The van der Waals surface area contributed by atoms with Crippen LogP contribution in [0.5, 0.6) is 0 Å². The fraction of sp³-hybridized carbons (Fsp3) is 0.407. The van der Waals surface area contributed by atoms with Gasteiger partial charge in [-0.05, 0) is 48.9 Å². The smallest absolute Gasteiger partial charge is 0.226 e. The number of carbonyl (C=O) groups is 2. The number of nitrogens with zero attached hydrogens (tertiary/aromatic N) is 1. The maximum atomic E-state index is 13.9. The first-order chi connectivity index (χ1) is 16.1. The number of nitrogens with one attached hydrogen (secondary N) is 2. The van der Waals surface area contributed by atoms with Crippen LogP contribution < -0.4 is 5.32 Å². The highest BCUT2D eigenvalue weighted by molar-refractivity contribution is 5.89. The molecule has 1 aliphatic heterocycles. The van der Waals surface area contributed by atoms with Gasteiger partial charge in [-0.1, -0.05) is 49.2 Å². The summed E-state index contributed by atoms with van der Waals surface area (Å²) in [6, 6.07) is 14.9. The van der Waals surface area contributed by atoms with Crippen molar-refractivity contribution in [2.24, 2.45) is 11.8 Å². The second-order valence-electron chi connectivity index (χ2n) is 9.27. The standard InChI is InChI=1S/C27H30FN3O2/c28-23-11-5-1-7-18(23)13-15-29-26(32)21-9-2-3-10-22(21)27(33)31-16-14-20-19-8-4-6-12-24(19)30-25(20)17-31/h1,4-8,11-12,21-22,30H,2-3,9-10,13-17H2,(H,29,32). The Hall–Kier alpha value is -3.15. The predicted molar refractivity (Wildman–Crippen MR) is 126 cm³/mol. The van der Waals surface area contributed by atoms with Crippen LogP contribution in [0, 0.1) is 17.7 Å². The molecule has 5 rings (SSSR count). The maximum Gasteiger partial charge on any atom is 0.226 e. The molecule has 2 N–H and O–H groups in total. The van der Waals surface area contributed by atoms with Gasteiger partial charge in [-0.15, -0.1) is 0 Å². The number of aromatic amines is 1. The highest BCUT2D eigenvalue weighted by Gasteiger charge is 2.38. The number of hydrogen-bond acceptors (Lipinski definition) is 2. The third-order valence-corrected chi connectivity index (χ3v) is 7.27. The number of carbonyl (C=O) groups excluding carboxylic acids is 2. The number of benzene rings is 2. The van der Waals surface area contributed by atoms with Crippen molar-refractivity contribution < 1.29 is 14.0 Å². The van der Waals surface area contributed by atoms with E-state index in [4.69, 9.17) is 0 Å². The van der Waals surface area contributed by atoms with Gasteiger partial charge in [0.25, 0.3) is 0 Å². The lowest BCUT2D eigenvalue weighted by Crippen LogP contribution is -2.47. The molecule has 0 radical (unpaired) electrons. The van der Waals surface area contributed by atoms with E-state index in [0.717, 1.165) is 43.3 Å². The van der Waals surface area contributed by atoms with Crippen LogP contribution in [0.25, 0.3) is 10.9 Å². The molecule has 0 bridgehead atoms. The van der Waals surface area contributed by atoms with Crippen molar-refractivity contribution in [1.82, 2.24) is 15.2 Å². The quantitative estimate of drug-likeness (QED) is 0.611. The average molecular weight is 448 g/mol. The molecule has 3 aromatic rings. The Balaban J connectivity index is 1.24. The van der Waals surface area contributed by atoms with E-state index in [1.807, 2.05) is 17.0 Å². The third kappa shape index (κ3) is 4.39. The molecule has 2 aromatic carbocycles. The summed E-state index contributed by atoms with van der Waals surface area (Å²) in [5.74, 6) is -0.825. The maximum absolute atomic E-state index is 13.9. The number of H-pyrrole nitrogens is 1. The van der Waals surface area contributed by atoms with Crippen LogP contribution in [0.2, 0.25) is 0 Å². The van der Waals surface area contributed by atoms with Gasteiger partial charge in [0.2, 0.25) is 11.8 Å². The molecule has 1 saturated carbocycles. The lowest BCUT2D eigenvalue weighted by molar-refractivity contribution is -0.144. The van der Waals surface area contributed by atoms with Crippen molar-refractivity contribution in [3.63, 3.8) is 0 Å². The topological polar surface area (TPSA) is 65.2 Å². The van der Waals surface area contributed by atoms with Crippen LogP contribution in [-0.2, 0) is 29.0 Å². The Morgan fingerprint density at radius 1 is 1.03 bits per heavy atom. The largest absolute Gasteiger partial charge is 0.357 e. The van der Waals surface area contributed by atoms with Crippen LogP contribution in [0.3, 0.4) is 0 Å². The minimum Gasteiger partial charge on any atom is -0.357 e. The van der Waals surface area contributed by atoms with Gasteiger partial charge in [0.1, 0.15) is 5.82 Å². The Morgan fingerprint density at radius 2 is 1.79 bits per heavy atom. The molecule has 2 unspecified atom stereocenters. The monoisotopic (exact) mass is 447 g/mol. The highest BCUT2D eigenvalue weighted by atomic mass is 19.1. The van der Waals surface area contributed by atoms with Gasteiger partial charge in [0.15, 0.2) is 0 Å². The number of halogens is 1. The number of amides is 2. The molecular formula is C27H30FN3O2. The first kappa shape index (κ1) is 21.7. The van der Waals surface area contributed by atoms with E-state index in [2.05, 4.69) is 22.4 Å². The highest BCUT2D eigenvalue weighted by Crippen LogP contribution is 2.34. The Kier molecular flexibility index (Phi) is 6.16. The van der Waals surface area contributed by atoms with Gasteiger partial charge in [-0.2, -0.15) is 0 Å². The zero-order valence-corrected chi connectivity index (χ0v) is 18.8. The van der Waals surface area contributed by atoms with Crippen molar-refractivity contribution in [2.45, 2.75) is 45.1 Å². The normalized spacial score (nSPS) is 20.5. The van der Waals surface area contributed by atoms with Gasteiger partial charge < -0.3 is 15.2 Å². The minimum atomic E-state index is -0.309. The summed E-state index contributed by atoms with van der Waals surface area (Å²) < 4.78 is 13.9. The number of hydrogen-bond donors (Lipinski definition) is 2. The Labute approximate surface area is 193 Å². The molecule has 1 aromatic heterocycles. The molecule has 2 heterocycles. The third-order valence-electron chi connectivity index (χ3n) is 7.27. The van der Waals surface area contributed by atoms with Gasteiger partial charge in [-0.3, -0.25) is 9.59 Å². The lowest BCUT2D eigenvalue weighted by atomic mass is 9.77. The summed E-state index contributed by atoms with van der Waals surface area (Å²) in [5.41, 5.74) is 4.12. The molecule has 5 nitrogen and oxygen atoms in total. The SMILES string of the molecule is O=C(NCCc1ccccc1F)C1CCCCC1C(=O)N1CCc2c([nH]c3ccccc23)C1. The van der Waals surface area contributed by atoms with E-state index in [-0.39, 0.29) is 29.5 Å². The second kappa shape index (κ2) is 9.38. The fourth-order valence-electron chi connectivity index (χ4n) is 5.51. The Bertz CT molecular complexity index is 1170. The summed E-state index contributed by atoms with van der Waals surface area (Å²) in [6.45, 7) is 1.63. The van der Waals surface area contributed by atoms with E-state index in [9.17, 15) is 14.0 Å². The molecule has 1 fully saturated rings. The molecule has 2 aliphatic rings. The summed E-state index contributed by atoms with van der Waals surface area (Å²) in [4.78, 5) is 31.9. The molecule has 2 atom stereocenters. The van der Waals surface area contributed by atoms with Gasteiger partial charge in [-0.25, -0.2) is 4.39 Å². The van der Waals surface area contributed by atoms with E-state index in [1.165, 1.54) is 17.0 Å². The average Bonchev–Trinajstić information content (AvgIpc) is 3.22. The number of aromatic nitrogens is 1. The zero-order chi connectivity index (χ0) is 22.8. The molecule has 33 heavy (non-hydrogen) atoms. The van der Waals surface area contributed by atoms with Gasteiger partial charge >= 0.3 is 0 Å². The first-order valence-electron chi connectivity index (χ1n) is 12.0. The van der Waals surface area contributed by atoms with Crippen LogP contribution >= 0.6 is 0 Å². The second-order valence-corrected chi connectivity index (χ2v) is 9.27. The van der Waals surface area contributed by atoms with Gasteiger partial charge in [0, 0.05) is 41.5 Å². The molecule has 1 aliphatic carbocycles. The minimum absolute atomic E-state index is 0.0762. The summed E-state index contributed by atoms with van der Waals surface area (Å²) >= 11 is 0. The molecular weight excluding hydrogens is 417 g/mol. The van der Waals surface area contributed by atoms with E-state index >= 15 is 0 Å². The number of para-hydroxylation sites is 1. The Morgan fingerprint density at radius 3 is 2.64 bits per heavy atom. The number of fused-ring (bicyclic) bond motifs is 3. The molecule has 0 saturated heterocycles.